The second-order valence-corrected chi connectivity index (χ2v) is 2.95. The van der Waals surface area contributed by atoms with Crippen molar-refractivity contribution in [2.75, 3.05) is 6.54 Å². The lowest BCUT2D eigenvalue weighted by atomic mass is 10.2. The molecule has 0 heterocycles. The first-order valence-electron chi connectivity index (χ1n) is 5.01. The highest BCUT2D eigenvalue weighted by atomic mass is 14.8. The Morgan fingerprint density at radius 3 is 2.00 bits per heavy atom. The van der Waals surface area contributed by atoms with Gasteiger partial charge in [0.15, 0.2) is 0 Å². The topological polar surface area (TPSA) is 38.4 Å². The van der Waals surface area contributed by atoms with Gasteiger partial charge < -0.3 is 5.73 Å². The van der Waals surface area contributed by atoms with Crippen molar-refractivity contribution in [2.45, 2.75) is 27.2 Å². The van der Waals surface area contributed by atoms with Crippen LogP contribution in [0.4, 0.5) is 0 Å². The molecule has 1 rings (SSSR count). The average molecular weight is 192 g/mol. The minimum Gasteiger partial charge on any atom is -0.388 e. The van der Waals surface area contributed by atoms with Crippen LogP contribution in [0.3, 0.4) is 0 Å². The number of benzene rings is 1. The maximum absolute atomic E-state index is 5.15. The molecule has 0 bridgehead atoms. The largest absolute Gasteiger partial charge is 0.388 e. The molecule has 0 unspecified atom stereocenters. The first kappa shape index (κ1) is 12.7. The fraction of sp³-hybridized carbons (Fsp3) is 0.417. The van der Waals surface area contributed by atoms with Gasteiger partial charge in [-0.25, -0.2) is 0 Å². The van der Waals surface area contributed by atoms with E-state index in [1.807, 2.05) is 13.0 Å². The molecular weight excluding hydrogens is 172 g/mol. The Bertz CT molecular complexity index is 248. The summed E-state index contributed by atoms with van der Waals surface area (Å²) in [5, 5.41) is 0. The molecule has 0 fully saturated rings. The maximum Gasteiger partial charge on any atom is 0.0905 e. The lowest BCUT2D eigenvalue weighted by Gasteiger charge is -1.89. The van der Waals surface area contributed by atoms with Crippen molar-refractivity contribution in [1.82, 2.24) is 0 Å². The predicted molar refractivity (Wildman–Crippen MR) is 63.7 cm³/mol. The average Bonchev–Trinajstić information content (AvgIpc) is 2.20. The van der Waals surface area contributed by atoms with Crippen LogP contribution in [-0.4, -0.2) is 12.4 Å². The van der Waals surface area contributed by atoms with Crippen molar-refractivity contribution in [3.63, 3.8) is 0 Å². The second kappa shape index (κ2) is 8.30. The molecule has 2 nitrogen and oxygen atoms in total. The van der Waals surface area contributed by atoms with Crippen molar-refractivity contribution in [3.8, 4) is 0 Å². The fourth-order valence-corrected chi connectivity index (χ4v) is 0.963. The van der Waals surface area contributed by atoms with E-state index in [0.717, 1.165) is 13.0 Å². The lowest BCUT2D eigenvalue weighted by Crippen LogP contribution is -2.04. The number of nitrogens with zero attached hydrogens (tertiary/aromatic N) is 1. The Morgan fingerprint density at radius 2 is 1.79 bits per heavy atom. The van der Waals surface area contributed by atoms with E-state index < -0.39 is 0 Å². The number of nitrogens with two attached hydrogens (primary N) is 1. The molecule has 0 aliphatic carbocycles. The zero-order valence-corrected chi connectivity index (χ0v) is 9.33. The van der Waals surface area contributed by atoms with E-state index >= 15 is 0 Å². The summed E-state index contributed by atoms with van der Waals surface area (Å²) in [6, 6.07) is 10.5. The minimum absolute atomic E-state index is 0.664. The van der Waals surface area contributed by atoms with E-state index in [4.69, 9.17) is 5.73 Å². The summed E-state index contributed by atoms with van der Waals surface area (Å²) in [6.45, 7) is 6.69. The second-order valence-electron chi connectivity index (χ2n) is 2.95. The minimum atomic E-state index is 0.664. The summed E-state index contributed by atoms with van der Waals surface area (Å²) in [5.41, 5.74) is 6.56. The number of hydrogen-bond donors (Lipinski definition) is 1. The van der Waals surface area contributed by atoms with Crippen LogP contribution in [0.15, 0.2) is 35.3 Å². The SMILES string of the molecule is CCN=C(C)N.CCc1ccccc1. The predicted octanol–water partition coefficient (Wildman–Crippen LogP) is 2.63. The van der Waals surface area contributed by atoms with E-state index in [-0.39, 0.29) is 0 Å². The summed E-state index contributed by atoms with van der Waals surface area (Å²) in [7, 11) is 0. The molecule has 0 saturated heterocycles. The van der Waals surface area contributed by atoms with Gasteiger partial charge in [0, 0.05) is 6.54 Å². The molecule has 0 aromatic heterocycles. The number of hydrogen-bond acceptors (Lipinski definition) is 1. The summed E-state index contributed by atoms with van der Waals surface area (Å²) >= 11 is 0. The fourth-order valence-electron chi connectivity index (χ4n) is 0.963. The molecule has 0 aliphatic rings. The number of amidine groups is 1. The van der Waals surface area contributed by atoms with Crippen molar-refractivity contribution in [3.05, 3.63) is 35.9 Å². The van der Waals surface area contributed by atoms with E-state index in [9.17, 15) is 0 Å². The maximum atomic E-state index is 5.15. The van der Waals surface area contributed by atoms with Gasteiger partial charge in [0.05, 0.1) is 5.84 Å². The van der Waals surface area contributed by atoms with Crippen molar-refractivity contribution >= 4 is 5.84 Å². The van der Waals surface area contributed by atoms with Crippen LogP contribution < -0.4 is 5.73 Å². The molecule has 78 valence electrons. The van der Waals surface area contributed by atoms with E-state index in [0.29, 0.717) is 5.84 Å². The van der Waals surface area contributed by atoms with Gasteiger partial charge in [-0.3, -0.25) is 4.99 Å². The summed E-state index contributed by atoms with van der Waals surface area (Å²) < 4.78 is 0. The normalized spacial score (nSPS) is 10.4. The Kier molecular flexibility index (Phi) is 7.52. The molecule has 1 aromatic carbocycles. The van der Waals surface area contributed by atoms with Crippen molar-refractivity contribution in [1.29, 1.82) is 0 Å². The van der Waals surface area contributed by atoms with E-state index in [1.165, 1.54) is 5.56 Å². The van der Waals surface area contributed by atoms with Crippen LogP contribution in [0, 0.1) is 0 Å². The number of aryl methyl sites for hydroxylation is 1. The monoisotopic (exact) mass is 192 g/mol. The van der Waals surface area contributed by atoms with Gasteiger partial charge in [-0.1, -0.05) is 37.3 Å². The van der Waals surface area contributed by atoms with Gasteiger partial charge in [-0.05, 0) is 25.8 Å². The zero-order valence-electron chi connectivity index (χ0n) is 9.33. The van der Waals surface area contributed by atoms with Crippen LogP contribution in [0.25, 0.3) is 0 Å². The standard InChI is InChI=1S/C8H10.C4H10N2/c1-2-8-6-4-3-5-7-8;1-3-6-4(2)5/h3-7H,2H2,1H3;3H2,1-2H3,(H2,5,6). The third-order valence-corrected chi connectivity index (χ3v) is 1.66. The molecule has 0 radical (unpaired) electrons. The zero-order chi connectivity index (χ0) is 10.8. The van der Waals surface area contributed by atoms with Gasteiger partial charge in [-0.2, -0.15) is 0 Å². The Labute approximate surface area is 86.9 Å². The highest BCUT2D eigenvalue weighted by Crippen LogP contribution is 1.96. The van der Waals surface area contributed by atoms with E-state index in [1.54, 1.807) is 6.92 Å². The molecule has 0 aliphatic heterocycles. The number of rotatable bonds is 2. The van der Waals surface area contributed by atoms with Crippen LogP contribution in [0.1, 0.15) is 26.3 Å². The molecule has 2 N–H and O–H groups in total. The third-order valence-electron chi connectivity index (χ3n) is 1.66. The Balaban J connectivity index is 0.000000255. The lowest BCUT2D eigenvalue weighted by molar-refractivity contribution is 1.12. The molecule has 1 aromatic rings. The van der Waals surface area contributed by atoms with Crippen molar-refractivity contribution < 1.29 is 0 Å². The van der Waals surface area contributed by atoms with Crippen LogP contribution in [-0.2, 0) is 6.42 Å². The van der Waals surface area contributed by atoms with Gasteiger partial charge in [0.2, 0.25) is 0 Å². The number of aliphatic imine (C=N–C) groups is 1. The first-order chi connectivity index (χ1) is 6.70. The first-order valence-corrected chi connectivity index (χ1v) is 5.01. The molecule has 14 heavy (non-hydrogen) atoms. The van der Waals surface area contributed by atoms with Crippen LogP contribution in [0.2, 0.25) is 0 Å². The molecule has 0 saturated carbocycles. The molecule has 0 amide bonds. The third kappa shape index (κ3) is 7.35. The summed E-state index contributed by atoms with van der Waals surface area (Å²) in [4.78, 5) is 3.82. The van der Waals surface area contributed by atoms with E-state index in [2.05, 4.69) is 36.2 Å². The summed E-state index contributed by atoms with van der Waals surface area (Å²) in [5.74, 6) is 0.664. The van der Waals surface area contributed by atoms with Gasteiger partial charge in [0.25, 0.3) is 0 Å². The molecule has 0 spiro atoms. The van der Waals surface area contributed by atoms with Crippen LogP contribution >= 0.6 is 0 Å². The summed E-state index contributed by atoms with van der Waals surface area (Å²) in [6.07, 6.45) is 1.14. The van der Waals surface area contributed by atoms with Crippen molar-refractivity contribution in [2.24, 2.45) is 10.7 Å². The highest BCUT2D eigenvalue weighted by Gasteiger charge is 1.79. The Morgan fingerprint density at radius 1 is 1.21 bits per heavy atom. The smallest absolute Gasteiger partial charge is 0.0905 e. The van der Waals surface area contributed by atoms with Gasteiger partial charge >= 0.3 is 0 Å². The Hall–Kier alpha value is -1.31. The van der Waals surface area contributed by atoms with Gasteiger partial charge in [-0.15, -0.1) is 0 Å². The molecule has 0 atom stereocenters. The molecule has 2 heteroatoms. The highest BCUT2D eigenvalue weighted by molar-refractivity contribution is 5.77. The van der Waals surface area contributed by atoms with Gasteiger partial charge in [0.1, 0.15) is 0 Å². The quantitative estimate of drug-likeness (QED) is 0.567. The molecular formula is C12H20N2. The van der Waals surface area contributed by atoms with Crippen LogP contribution in [0.5, 0.6) is 0 Å².